The van der Waals surface area contributed by atoms with Gasteiger partial charge >= 0.3 is 0 Å². The van der Waals surface area contributed by atoms with Gasteiger partial charge in [0.2, 0.25) is 5.43 Å². The van der Waals surface area contributed by atoms with Crippen LogP contribution in [0.1, 0.15) is 18.2 Å². The lowest BCUT2D eigenvalue weighted by Crippen LogP contribution is -2.11. The summed E-state index contributed by atoms with van der Waals surface area (Å²) >= 11 is 0. The molecule has 0 spiro atoms. The maximum absolute atomic E-state index is 13.2. The van der Waals surface area contributed by atoms with Crippen LogP contribution < -0.4 is 5.43 Å². The molecule has 4 rings (SSSR count). The van der Waals surface area contributed by atoms with Crippen LogP contribution >= 0.6 is 0 Å². The molecule has 2 aromatic heterocycles. The Balaban J connectivity index is 2.01. The standard InChI is InChI=1S/C20H17N3O3/c1-3-13-9-15-17(10-16(13)24)26-12(2)18(19(15)25)20-22-21-11-23(20)14-7-5-4-6-8-14/h4-11,24H,3H2,1-2H3. The number of nitrogens with zero attached hydrogens (tertiary/aromatic N) is 3. The summed E-state index contributed by atoms with van der Waals surface area (Å²) in [7, 11) is 0. The first-order valence-corrected chi connectivity index (χ1v) is 8.35. The van der Waals surface area contributed by atoms with Gasteiger partial charge in [0.05, 0.1) is 5.39 Å². The van der Waals surface area contributed by atoms with E-state index in [2.05, 4.69) is 10.2 Å². The van der Waals surface area contributed by atoms with Crippen LogP contribution in [0.5, 0.6) is 5.75 Å². The van der Waals surface area contributed by atoms with Gasteiger partial charge in [0.25, 0.3) is 0 Å². The van der Waals surface area contributed by atoms with Gasteiger partial charge in [-0.15, -0.1) is 10.2 Å². The van der Waals surface area contributed by atoms with Crippen molar-refractivity contribution in [1.29, 1.82) is 0 Å². The molecule has 6 heteroatoms. The fraction of sp³-hybridized carbons (Fsp3) is 0.150. The van der Waals surface area contributed by atoms with Crippen LogP contribution in [0.15, 0.2) is 58.0 Å². The molecule has 26 heavy (non-hydrogen) atoms. The van der Waals surface area contributed by atoms with E-state index in [1.54, 1.807) is 23.9 Å². The van der Waals surface area contributed by atoms with E-state index < -0.39 is 0 Å². The smallest absolute Gasteiger partial charge is 0.204 e. The van der Waals surface area contributed by atoms with Gasteiger partial charge in [0.15, 0.2) is 5.82 Å². The van der Waals surface area contributed by atoms with Crippen LogP contribution in [0.4, 0.5) is 0 Å². The van der Waals surface area contributed by atoms with Crippen molar-refractivity contribution in [3.8, 4) is 22.8 Å². The van der Waals surface area contributed by atoms with Crippen LogP contribution in [0, 0.1) is 6.92 Å². The van der Waals surface area contributed by atoms with Crippen LogP contribution in [0.25, 0.3) is 28.0 Å². The maximum Gasteiger partial charge on any atom is 0.204 e. The zero-order chi connectivity index (χ0) is 18.3. The summed E-state index contributed by atoms with van der Waals surface area (Å²) in [4.78, 5) is 13.2. The second-order valence-corrected chi connectivity index (χ2v) is 6.05. The molecule has 130 valence electrons. The second-order valence-electron chi connectivity index (χ2n) is 6.05. The summed E-state index contributed by atoms with van der Waals surface area (Å²) in [5, 5.41) is 18.6. The predicted octanol–water partition coefficient (Wildman–Crippen LogP) is 3.62. The Bertz CT molecular complexity index is 1160. The number of rotatable bonds is 3. The molecule has 1 N–H and O–H groups in total. The third kappa shape index (κ3) is 2.47. The van der Waals surface area contributed by atoms with Crippen molar-refractivity contribution in [3.63, 3.8) is 0 Å². The molecule has 0 amide bonds. The van der Waals surface area contributed by atoms with E-state index in [4.69, 9.17) is 4.42 Å². The van der Waals surface area contributed by atoms with Gasteiger partial charge in [-0.2, -0.15) is 0 Å². The van der Waals surface area contributed by atoms with E-state index in [0.717, 1.165) is 5.69 Å². The molecule has 0 aliphatic heterocycles. The Morgan fingerprint density at radius 3 is 2.69 bits per heavy atom. The Morgan fingerprint density at radius 1 is 1.19 bits per heavy atom. The van der Waals surface area contributed by atoms with Crippen molar-refractivity contribution in [2.75, 3.05) is 0 Å². The van der Waals surface area contributed by atoms with E-state index in [0.29, 0.717) is 40.1 Å². The molecule has 0 radical (unpaired) electrons. The lowest BCUT2D eigenvalue weighted by Gasteiger charge is -2.10. The van der Waals surface area contributed by atoms with Crippen molar-refractivity contribution in [2.24, 2.45) is 0 Å². The van der Waals surface area contributed by atoms with Gasteiger partial charge in [-0.1, -0.05) is 25.1 Å². The fourth-order valence-electron chi connectivity index (χ4n) is 3.11. The first-order chi connectivity index (χ1) is 12.6. The van der Waals surface area contributed by atoms with E-state index >= 15 is 0 Å². The lowest BCUT2D eigenvalue weighted by molar-refractivity contribution is 0.467. The highest BCUT2D eigenvalue weighted by Gasteiger charge is 2.20. The fourth-order valence-corrected chi connectivity index (χ4v) is 3.11. The highest BCUT2D eigenvalue weighted by atomic mass is 16.3. The Labute approximate surface area is 149 Å². The lowest BCUT2D eigenvalue weighted by atomic mass is 10.0. The number of phenolic OH excluding ortho intramolecular Hbond substituents is 1. The normalized spacial score (nSPS) is 11.2. The number of aromatic hydroxyl groups is 1. The van der Waals surface area contributed by atoms with Crippen molar-refractivity contribution >= 4 is 11.0 Å². The number of fused-ring (bicyclic) bond motifs is 1. The molecule has 4 aromatic rings. The van der Waals surface area contributed by atoms with Crippen molar-refractivity contribution < 1.29 is 9.52 Å². The highest BCUT2D eigenvalue weighted by Crippen LogP contribution is 2.28. The minimum Gasteiger partial charge on any atom is -0.508 e. The average Bonchev–Trinajstić information content (AvgIpc) is 3.11. The molecule has 0 aliphatic rings. The zero-order valence-corrected chi connectivity index (χ0v) is 14.4. The Morgan fingerprint density at radius 2 is 1.96 bits per heavy atom. The van der Waals surface area contributed by atoms with Gasteiger partial charge in [0.1, 0.15) is 29.0 Å². The molecular weight excluding hydrogens is 330 g/mol. The minimum absolute atomic E-state index is 0.128. The van der Waals surface area contributed by atoms with E-state index in [-0.39, 0.29) is 11.2 Å². The predicted molar refractivity (Wildman–Crippen MR) is 98.6 cm³/mol. The maximum atomic E-state index is 13.2. The highest BCUT2D eigenvalue weighted by molar-refractivity contribution is 5.83. The second kappa shape index (κ2) is 6.15. The third-order valence-electron chi connectivity index (χ3n) is 4.45. The summed E-state index contributed by atoms with van der Waals surface area (Å²) < 4.78 is 7.58. The molecular formula is C20H17N3O3. The largest absolute Gasteiger partial charge is 0.508 e. The molecule has 0 aliphatic carbocycles. The molecule has 2 heterocycles. The number of para-hydroxylation sites is 1. The molecule has 0 unspecified atom stereocenters. The van der Waals surface area contributed by atoms with Crippen molar-refractivity contribution in [2.45, 2.75) is 20.3 Å². The molecule has 0 atom stereocenters. The van der Waals surface area contributed by atoms with Crippen LogP contribution in [0.2, 0.25) is 0 Å². The van der Waals surface area contributed by atoms with Crippen molar-refractivity contribution in [3.05, 3.63) is 70.3 Å². The summed E-state index contributed by atoms with van der Waals surface area (Å²) in [6.45, 7) is 3.63. The summed E-state index contributed by atoms with van der Waals surface area (Å²) in [5.74, 6) is 0.981. The zero-order valence-electron chi connectivity index (χ0n) is 14.4. The molecule has 0 bridgehead atoms. The van der Waals surface area contributed by atoms with Crippen LogP contribution in [0.3, 0.4) is 0 Å². The first-order valence-electron chi connectivity index (χ1n) is 8.35. The van der Waals surface area contributed by atoms with E-state index in [1.165, 1.54) is 6.07 Å². The first kappa shape index (κ1) is 16.1. The molecule has 6 nitrogen and oxygen atoms in total. The quantitative estimate of drug-likeness (QED) is 0.612. The van der Waals surface area contributed by atoms with Gasteiger partial charge in [0, 0.05) is 11.8 Å². The minimum atomic E-state index is -0.191. The number of aryl methyl sites for hydroxylation is 2. The number of phenols is 1. The number of benzene rings is 2. The van der Waals surface area contributed by atoms with Gasteiger partial charge in [-0.3, -0.25) is 9.36 Å². The van der Waals surface area contributed by atoms with E-state index in [9.17, 15) is 9.90 Å². The Kier molecular flexibility index (Phi) is 3.80. The van der Waals surface area contributed by atoms with Gasteiger partial charge < -0.3 is 9.52 Å². The summed E-state index contributed by atoms with van der Waals surface area (Å²) in [6, 6.07) is 12.7. The van der Waals surface area contributed by atoms with Crippen LogP contribution in [-0.4, -0.2) is 19.9 Å². The topological polar surface area (TPSA) is 81.2 Å². The van der Waals surface area contributed by atoms with Gasteiger partial charge in [-0.05, 0) is 37.1 Å². The number of hydrogen-bond acceptors (Lipinski definition) is 5. The Hall–Kier alpha value is -3.41. The molecule has 2 aromatic carbocycles. The summed E-state index contributed by atoms with van der Waals surface area (Å²) in [5.41, 5.74) is 2.09. The van der Waals surface area contributed by atoms with E-state index in [1.807, 2.05) is 37.3 Å². The third-order valence-corrected chi connectivity index (χ3v) is 4.45. The number of hydrogen-bond donors (Lipinski definition) is 1. The molecule has 0 fully saturated rings. The van der Waals surface area contributed by atoms with Gasteiger partial charge in [-0.25, -0.2) is 0 Å². The molecule has 0 saturated carbocycles. The monoisotopic (exact) mass is 347 g/mol. The summed E-state index contributed by atoms with van der Waals surface area (Å²) in [6.07, 6.45) is 2.19. The SMILES string of the molecule is CCc1cc2c(=O)c(-c3nncn3-c3ccccc3)c(C)oc2cc1O. The molecule has 0 saturated heterocycles. The van der Waals surface area contributed by atoms with Crippen LogP contribution in [-0.2, 0) is 6.42 Å². The average molecular weight is 347 g/mol. The number of aromatic nitrogens is 3. The van der Waals surface area contributed by atoms with Crippen molar-refractivity contribution in [1.82, 2.24) is 14.8 Å².